The summed E-state index contributed by atoms with van der Waals surface area (Å²) in [7, 11) is 0. The van der Waals surface area contributed by atoms with E-state index in [9.17, 15) is 18.0 Å². The van der Waals surface area contributed by atoms with E-state index in [1.165, 1.54) is 23.5 Å². The maximum atomic E-state index is 12.6. The molecule has 0 saturated carbocycles. The van der Waals surface area contributed by atoms with Gasteiger partial charge in [0.15, 0.2) is 0 Å². The van der Waals surface area contributed by atoms with E-state index in [-0.39, 0.29) is 17.7 Å². The molecule has 4 nitrogen and oxygen atoms in total. The van der Waals surface area contributed by atoms with E-state index in [4.69, 9.17) is 5.73 Å². The lowest BCUT2D eigenvalue weighted by molar-refractivity contribution is -0.274. The maximum Gasteiger partial charge on any atom is 0.573 e. The van der Waals surface area contributed by atoms with Crippen molar-refractivity contribution in [2.75, 3.05) is 13.1 Å². The van der Waals surface area contributed by atoms with Crippen molar-refractivity contribution in [3.8, 4) is 16.2 Å². The summed E-state index contributed by atoms with van der Waals surface area (Å²) >= 11 is 1.32. The Morgan fingerprint density at radius 3 is 2.60 bits per heavy atom. The lowest BCUT2D eigenvalue weighted by Gasteiger charge is -2.22. The van der Waals surface area contributed by atoms with Gasteiger partial charge in [-0.15, -0.1) is 24.5 Å². The van der Waals surface area contributed by atoms with Gasteiger partial charge in [0.1, 0.15) is 5.75 Å². The minimum atomic E-state index is -4.71. The number of thiophene rings is 1. The van der Waals surface area contributed by atoms with E-state index in [1.54, 1.807) is 29.2 Å². The summed E-state index contributed by atoms with van der Waals surface area (Å²) < 4.78 is 40.4. The van der Waals surface area contributed by atoms with E-state index in [1.807, 2.05) is 0 Å². The van der Waals surface area contributed by atoms with Crippen molar-refractivity contribution in [1.29, 1.82) is 0 Å². The fourth-order valence-corrected chi connectivity index (χ4v) is 3.89. The molecule has 1 unspecified atom stereocenters. The summed E-state index contributed by atoms with van der Waals surface area (Å²) in [5.74, 6) is -0.312. The summed E-state index contributed by atoms with van der Waals surface area (Å²) in [5, 5.41) is 0. The Bertz CT molecular complexity index is 743. The van der Waals surface area contributed by atoms with Gasteiger partial charge in [-0.1, -0.05) is 0 Å². The third-order valence-electron chi connectivity index (χ3n) is 4.10. The molecule has 1 aromatic heterocycles. The van der Waals surface area contributed by atoms with Crippen LogP contribution in [0.5, 0.6) is 5.75 Å². The number of rotatable bonds is 4. The first kappa shape index (κ1) is 17.8. The van der Waals surface area contributed by atoms with Gasteiger partial charge in [-0.25, -0.2) is 0 Å². The zero-order valence-corrected chi connectivity index (χ0v) is 14.1. The summed E-state index contributed by atoms with van der Waals surface area (Å²) in [4.78, 5) is 15.8. The van der Waals surface area contributed by atoms with Crippen molar-refractivity contribution < 1.29 is 22.7 Å². The van der Waals surface area contributed by atoms with E-state index in [0.29, 0.717) is 18.0 Å². The zero-order chi connectivity index (χ0) is 18.0. The number of hydrogen-bond acceptors (Lipinski definition) is 4. The van der Waals surface area contributed by atoms with Gasteiger partial charge in [0.25, 0.3) is 5.91 Å². The molecule has 3 rings (SSSR count). The molecule has 0 aliphatic carbocycles. The molecule has 0 spiro atoms. The maximum absolute atomic E-state index is 12.6. The van der Waals surface area contributed by atoms with Crippen LogP contribution in [0.1, 0.15) is 22.5 Å². The molecule has 2 aromatic rings. The van der Waals surface area contributed by atoms with Gasteiger partial charge < -0.3 is 15.4 Å². The monoisotopic (exact) mass is 370 g/mol. The van der Waals surface area contributed by atoms with Crippen LogP contribution < -0.4 is 10.5 Å². The third kappa shape index (κ3) is 4.13. The van der Waals surface area contributed by atoms with Gasteiger partial charge in [-0.05, 0) is 54.8 Å². The molecular formula is C17H17F3N2O2S. The SMILES string of the molecule is NCC1CCCN1C(=O)c1ccc(-c2ccc(OC(F)(F)F)cc2)s1. The number of halogens is 3. The molecule has 134 valence electrons. The average Bonchev–Trinajstić information content (AvgIpc) is 3.22. The molecule has 1 aromatic carbocycles. The Labute approximate surface area is 147 Å². The summed E-state index contributed by atoms with van der Waals surface area (Å²) in [6.07, 6.45) is -2.84. The molecule has 1 saturated heterocycles. The lowest BCUT2D eigenvalue weighted by Crippen LogP contribution is -2.39. The highest BCUT2D eigenvalue weighted by Crippen LogP contribution is 2.32. The number of nitrogens with two attached hydrogens (primary N) is 1. The van der Waals surface area contributed by atoms with Crippen molar-refractivity contribution in [3.05, 3.63) is 41.3 Å². The Hall–Kier alpha value is -2.06. The zero-order valence-electron chi connectivity index (χ0n) is 13.3. The first-order valence-corrected chi connectivity index (χ1v) is 8.66. The van der Waals surface area contributed by atoms with Crippen molar-refractivity contribution in [1.82, 2.24) is 4.90 Å². The average molecular weight is 370 g/mol. The highest BCUT2D eigenvalue weighted by Gasteiger charge is 2.31. The third-order valence-corrected chi connectivity index (χ3v) is 5.22. The smallest absolute Gasteiger partial charge is 0.406 e. The van der Waals surface area contributed by atoms with Gasteiger partial charge in [0.2, 0.25) is 0 Å². The molecule has 2 N–H and O–H groups in total. The van der Waals surface area contributed by atoms with Crippen LogP contribution in [0.4, 0.5) is 13.2 Å². The Morgan fingerprint density at radius 1 is 1.24 bits per heavy atom. The Balaban J connectivity index is 1.74. The molecule has 0 radical (unpaired) electrons. The largest absolute Gasteiger partial charge is 0.573 e. The Morgan fingerprint density at radius 2 is 1.96 bits per heavy atom. The van der Waals surface area contributed by atoms with E-state index < -0.39 is 6.36 Å². The summed E-state index contributed by atoms with van der Waals surface area (Å²) in [5.41, 5.74) is 6.44. The molecule has 1 atom stereocenters. The van der Waals surface area contributed by atoms with Crippen LogP contribution in [0, 0.1) is 0 Å². The van der Waals surface area contributed by atoms with Gasteiger partial charge in [-0.2, -0.15) is 0 Å². The van der Waals surface area contributed by atoms with Gasteiger partial charge in [-0.3, -0.25) is 4.79 Å². The van der Waals surface area contributed by atoms with Crippen LogP contribution in [-0.2, 0) is 0 Å². The van der Waals surface area contributed by atoms with Crippen LogP contribution >= 0.6 is 11.3 Å². The summed E-state index contributed by atoms with van der Waals surface area (Å²) in [6.45, 7) is 1.15. The number of nitrogens with zero attached hydrogens (tertiary/aromatic N) is 1. The fourth-order valence-electron chi connectivity index (χ4n) is 2.92. The topological polar surface area (TPSA) is 55.6 Å². The van der Waals surface area contributed by atoms with E-state index >= 15 is 0 Å². The molecular weight excluding hydrogens is 353 g/mol. The summed E-state index contributed by atoms with van der Waals surface area (Å²) in [6, 6.07) is 9.22. The normalized spacial score (nSPS) is 17.8. The van der Waals surface area contributed by atoms with E-state index in [0.717, 1.165) is 23.3 Å². The number of hydrogen-bond donors (Lipinski definition) is 1. The number of benzene rings is 1. The van der Waals surface area contributed by atoms with E-state index in [2.05, 4.69) is 4.74 Å². The Kier molecular flexibility index (Phi) is 5.01. The quantitative estimate of drug-likeness (QED) is 0.889. The van der Waals surface area contributed by atoms with Crippen molar-refractivity contribution >= 4 is 17.2 Å². The highest BCUT2D eigenvalue weighted by atomic mass is 32.1. The second-order valence-electron chi connectivity index (χ2n) is 5.77. The number of amides is 1. The van der Waals surface area contributed by atoms with Crippen LogP contribution in [0.15, 0.2) is 36.4 Å². The van der Waals surface area contributed by atoms with Crippen molar-refractivity contribution in [3.63, 3.8) is 0 Å². The van der Waals surface area contributed by atoms with Gasteiger partial charge in [0.05, 0.1) is 4.88 Å². The standard InChI is InChI=1S/C17H17F3N2O2S/c18-17(19,20)24-13-5-3-11(4-6-13)14-7-8-15(25-14)16(23)22-9-1-2-12(22)10-21/h3-8,12H,1-2,9-10,21H2. The molecule has 1 fully saturated rings. The molecule has 1 aliphatic rings. The molecule has 2 heterocycles. The number of alkyl halides is 3. The van der Waals surface area contributed by atoms with Crippen LogP contribution in [0.3, 0.4) is 0 Å². The molecule has 25 heavy (non-hydrogen) atoms. The van der Waals surface area contributed by atoms with Gasteiger partial charge in [0, 0.05) is 24.0 Å². The van der Waals surface area contributed by atoms with Crippen LogP contribution in [0.25, 0.3) is 10.4 Å². The predicted octanol–water partition coefficient (Wildman–Crippen LogP) is 3.88. The van der Waals surface area contributed by atoms with Crippen molar-refractivity contribution in [2.24, 2.45) is 5.73 Å². The minimum absolute atomic E-state index is 0.0405. The predicted molar refractivity (Wildman–Crippen MR) is 89.6 cm³/mol. The fraction of sp³-hybridized carbons (Fsp3) is 0.353. The molecule has 8 heteroatoms. The minimum Gasteiger partial charge on any atom is -0.406 e. The second kappa shape index (κ2) is 7.05. The number of carbonyl (C=O) groups excluding carboxylic acids is 1. The highest BCUT2D eigenvalue weighted by molar-refractivity contribution is 7.17. The second-order valence-corrected chi connectivity index (χ2v) is 6.85. The van der Waals surface area contributed by atoms with Gasteiger partial charge >= 0.3 is 6.36 Å². The molecule has 0 bridgehead atoms. The first-order valence-electron chi connectivity index (χ1n) is 7.84. The number of carbonyl (C=O) groups is 1. The first-order chi connectivity index (χ1) is 11.9. The molecule has 1 aliphatic heterocycles. The number of likely N-dealkylation sites (tertiary alicyclic amines) is 1. The van der Waals surface area contributed by atoms with Crippen LogP contribution in [0.2, 0.25) is 0 Å². The van der Waals surface area contributed by atoms with Crippen molar-refractivity contribution in [2.45, 2.75) is 25.2 Å². The number of ether oxygens (including phenoxy) is 1. The van der Waals surface area contributed by atoms with Crippen LogP contribution in [-0.4, -0.2) is 36.3 Å². The lowest BCUT2D eigenvalue weighted by atomic mass is 10.2. The molecule has 1 amide bonds.